The molecule has 0 spiro atoms. The number of rotatable bonds is 6. The maximum absolute atomic E-state index is 13.1. The Kier molecular flexibility index (Phi) is 5.89. The minimum atomic E-state index is -0.608. The van der Waals surface area contributed by atoms with Crippen LogP contribution >= 0.6 is 0 Å². The molecule has 2 amide bonds. The van der Waals surface area contributed by atoms with Crippen LogP contribution in [0.4, 0.5) is 16.2 Å². The highest BCUT2D eigenvalue weighted by molar-refractivity contribution is 5.95. The number of nitrogens with zero attached hydrogens (tertiary/aromatic N) is 6. The third-order valence-electron chi connectivity index (χ3n) is 6.37. The molecule has 0 atom stereocenters. The number of carbonyl (C=O) groups is 2. The summed E-state index contributed by atoms with van der Waals surface area (Å²) in [4.78, 5) is 48.1. The average Bonchev–Trinajstić information content (AvgIpc) is 3.38. The van der Waals surface area contributed by atoms with Crippen molar-refractivity contribution in [3.05, 3.63) is 64.8 Å². The van der Waals surface area contributed by atoms with Crippen LogP contribution in [0.1, 0.15) is 5.82 Å². The van der Waals surface area contributed by atoms with E-state index in [4.69, 9.17) is 9.47 Å². The molecule has 2 aliphatic heterocycles. The van der Waals surface area contributed by atoms with Crippen molar-refractivity contribution in [1.82, 2.24) is 19.2 Å². The number of fused-ring (bicyclic) bond motifs is 1. The summed E-state index contributed by atoms with van der Waals surface area (Å²) in [7, 11) is 3.21. The second-order valence-corrected chi connectivity index (χ2v) is 8.29. The van der Waals surface area contributed by atoms with Gasteiger partial charge in [-0.2, -0.15) is 9.67 Å². The number of benzene rings is 2. The van der Waals surface area contributed by atoms with Gasteiger partial charge in [0.1, 0.15) is 18.0 Å². The number of hydrogen-bond donors (Lipinski definition) is 0. The van der Waals surface area contributed by atoms with Gasteiger partial charge in [-0.1, -0.05) is 12.1 Å². The van der Waals surface area contributed by atoms with Gasteiger partial charge in [-0.3, -0.25) is 9.69 Å². The van der Waals surface area contributed by atoms with Gasteiger partial charge in [0, 0.05) is 31.9 Å². The van der Waals surface area contributed by atoms with Crippen LogP contribution in [-0.2, 0) is 17.9 Å². The van der Waals surface area contributed by atoms with Gasteiger partial charge in [0.05, 0.1) is 26.5 Å². The maximum Gasteiger partial charge on any atom is 0.365 e. The lowest BCUT2D eigenvalue weighted by atomic mass is 10.2. The van der Waals surface area contributed by atoms with Crippen LogP contribution in [-0.4, -0.2) is 71.6 Å². The summed E-state index contributed by atoms with van der Waals surface area (Å²) in [5, 5.41) is 0. The van der Waals surface area contributed by atoms with Crippen LogP contribution in [0.5, 0.6) is 11.5 Å². The van der Waals surface area contributed by atoms with E-state index in [-0.39, 0.29) is 19.0 Å². The second kappa shape index (κ2) is 9.16. The summed E-state index contributed by atoms with van der Waals surface area (Å²) in [6, 6.07) is 14.4. The predicted octanol–water partition coefficient (Wildman–Crippen LogP) is 1.40. The van der Waals surface area contributed by atoms with Gasteiger partial charge in [0.15, 0.2) is 5.82 Å². The summed E-state index contributed by atoms with van der Waals surface area (Å²) in [5.41, 5.74) is 1.03. The fourth-order valence-corrected chi connectivity index (χ4v) is 4.50. The number of piperazine rings is 1. The van der Waals surface area contributed by atoms with Gasteiger partial charge in [-0.15, -0.1) is 0 Å². The summed E-state index contributed by atoms with van der Waals surface area (Å²) in [6.45, 7) is 2.17. The molecule has 0 unspecified atom stereocenters. The van der Waals surface area contributed by atoms with Crippen LogP contribution in [0.25, 0.3) is 0 Å². The molecule has 5 rings (SSSR count). The third kappa shape index (κ3) is 4.09. The first kappa shape index (κ1) is 22.5. The van der Waals surface area contributed by atoms with Crippen molar-refractivity contribution in [2.45, 2.75) is 13.1 Å². The van der Waals surface area contributed by atoms with Crippen molar-refractivity contribution in [3.63, 3.8) is 0 Å². The van der Waals surface area contributed by atoms with Gasteiger partial charge in [-0.25, -0.2) is 14.3 Å². The van der Waals surface area contributed by atoms with Crippen LogP contribution in [0.3, 0.4) is 0 Å². The highest BCUT2D eigenvalue weighted by Crippen LogP contribution is 2.28. The third-order valence-corrected chi connectivity index (χ3v) is 6.37. The molecule has 0 bridgehead atoms. The zero-order chi connectivity index (χ0) is 24.5. The van der Waals surface area contributed by atoms with Crippen molar-refractivity contribution in [1.29, 1.82) is 0 Å². The number of amides is 2. The van der Waals surface area contributed by atoms with Gasteiger partial charge < -0.3 is 19.3 Å². The molecule has 2 aliphatic rings. The fourth-order valence-electron chi connectivity index (χ4n) is 4.50. The Balaban J connectivity index is 1.27. The lowest BCUT2D eigenvalue weighted by molar-refractivity contribution is -0.132. The standard InChI is InChI=1S/C24H26N6O5/c1-34-18-9-7-17(8-10-18)28-15-21-25-23(32)29(30(21)24(28)33)16-22(31)27-13-11-26(12-14-27)19-5-3-4-6-20(19)35-2/h3-10H,11-16H2,1-2H3. The van der Waals surface area contributed by atoms with Crippen molar-refractivity contribution in [2.75, 3.05) is 50.2 Å². The molecule has 3 aromatic rings. The van der Waals surface area contributed by atoms with Crippen molar-refractivity contribution in [3.8, 4) is 11.5 Å². The minimum Gasteiger partial charge on any atom is -0.497 e. The quantitative estimate of drug-likeness (QED) is 0.528. The Hall–Kier alpha value is -4.28. The molecule has 0 radical (unpaired) electrons. The van der Waals surface area contributed by atoms with Crippen molar-refractivity contribution < 1.29 is 19.1 Å². The predicted molar refractivity (Wildman–Crippen MR) is 128 cm³/mol. The minimum absolute atomic E-state index is 0.152. The molecule has 35 heavy (non-hydrogen) atoms. The summed E-state index contributed by atoms with van der Waals surface area (Å²) in [6.07, 6.45) is 0. The number of aromatic nitrogens is 3. The monoisotopic (exact) mass is 478 g/mol. The zero-order valence-corrected chi connectivity index (χ0v) is 19.6. The van der Waals surface area contributed by atoms with E-state index >= 15 is 0 Å². The average molecular weight is 479 g/mol. The molecular formula is C24H26N6O5. The Morgan fingerprint density at radius 3 is 2.34 bits per heavy atom. The lowest BCUT2D eigenvalue weighted by Gasteiger charge is -2.36. The molecule has 182 valence electrons. The van der Waals surface area contributed by atoms with E-state index in [9.17, 15) is 14.4 Å². The van der Waals surface area contributed by atoms with E-state index in [1.54, 1.807) is 43.4 Å². The van der Waals surface area contributed by atoms with Crippen LogP contribution in [0.2, 0.25) is 0 Å². The number of ether oxygens (including phenoxy) is 2. The molecular weight excluding hydrogens is 452 g/mol. The molecule has 11 nitrogen and oxygen atoms in total. The number of carbonyl (C=O) groups excluding carboxylic acids is 2. The van der Waals surface area contributed by atoms with E-state index < -0.39 is 11.7 Å². The normalized spacial score (nSPS) is 15.4. The lowest BCUT2D eigenvalue weighted by Crippen LogP contribution is -2.50. The van der Waals surface area contributed by atoms with Crippen molar-refractivity contribution >= 4 is 23.3 Å². The van der Waals surface area contributed by atoms with E-state index in [0.717, 1.165) is 16.1 Å². The molecule has 0 aliphatic carbocycles. The Morgan fingerprint density at radius 2 is 1.66 bits per heavy atom. The fraction of sp³-hybridized carbons (Fsp3) is 0.333. The summed E-state index contributed by atoms with van der Waals surface area (Å²) < 4.78 is 12.9. The topological polar surface area (TPSA) is 102 Å². The Labute approximate surface area is 201 Å². The summed E-state index contributed by atoms with van der Waals surface area (Å²) >= 11 is 0. The van der Waals surface area contributed by atoms with Crippen molar-refractivity contribution in [2.24, 2.45) is 0 Å². The van der Waals surface area contributed by atoms with E-state index in [2.05, 4.69) is 9.88 Å². The maximum atomic E-state index is 13.1. The van der Waals surface area contributed by atoms with Gasteiger partial charge in [-0.05, 0) is 36.4 Å². The highest BCUT2D eigenvalue weighted by Gasteiger charge is 2.34. The molecule has 3 heterocycles. The van der Waals surface area contributed by atoms with E-state index in [1.807, 2.05) is 24.3 Å². The van der Waals surface area contributed by atoms with Crippen LogP contribution < -0.4 is 25.0 Å². The second-order valence-electron chi connectivity index (χ2n) is 8.29. The molecule has 1 saturated heterocycles. The molecule has 0 saturated carbocycles. The van der Waals surface area contributed by atoms with E-state index in [1.165, 1.54) is 9.58 Å². The number of anilines is 2. The first-order valence-corrected chi connectivity index (χ1v) is 11.3. The van der Waals surface area contributed by atoms with Gasteiger partial charge >= 0.3 is 11.7 Å². The van der Waals surface area contributed by atoms with Gasteiger partial charge in [0.2, 0.25) is 5.91 Å². The smallest absolute Gasteiger partial charge is 0.365 e. The molecule has 11 heteroatoms. The van der Waals surface area contributed by atoms with Crippen LogP contribution in [0, 0.1) is 0 Å². The Bertz CT molecular complexity index is 1310. The molecule has 2 aromatic carbocycles. The Morgan fingerprint density at radius 1 is 0.943 bits per heavy atom. The highest BCUT2D eigenvalue weighted by atomic mass is 16.5. The first-order valence-electron chi connectivity index (χ1n) is 11.3. The number of para-hydroxylation sites is 2. The SMILES string of the molecule is COc1ccc(N2Cc3nc(=O)n(CC(=O)N4CCN(c5ccccc5OC)CC4)n3C2=O)cc1. The number of hydrogen-bond acceptors (Lipinski definition) is 7. The molecule has 1 aromatic heterocycles. The largest absolute Gasteiger partial charge is 0.497 e. The van der Waals surface area contributed by atoms with Crippen LogP contribution in [0.15, 0.2) is 53.3 Å². The first-order chi connectivity index (χ1) is 17.0. The molecule has 0 N–H and O–H groups in total. The summed E-state index contributed by atoms with van der Waals surface area (Å²) in [5.74, 6) is 1.54. The van der Waals surface area contributed by atoms with E-state index in [0.29, 0.717) is 43.4 Å². The number of methoxy groups -OCH3 is 2. The molecule has 1 fully saturated rings. The zero-order valence-electron chi connectivity index (χ0n) is 19.6. The van der Waals surface area contributed by atoms with Gasteiger partial charge in [0.25, 0.3) is 0 Å².